The van der Waals surface area contributed by atoms with Crippen molar-refractivity contribution in [1.29, 1.82) is 0 Å². The van der Waals surface area contributed by atoms with E-state index < -0.39 is 5.41 Å². The van der Waals surface area contributed by atoms with Gasteiger partial charge in [0.1, 0.15) is 11.5 Å². The largest absolute Gasteiger partial charge is 0.497 e. The number of rotatable bonds is 5. The van der Waals surface area contributed by atoms with Crippen molar-refractivity contribution in [2.75, 3.05) is 33.9 Å². The molecule has 32 heavy (non-hydrogen) atoms. The van der Waals surface area contributed by atoms with E-state index in [9.17, 15) is 9.59 Å². The average Bonchev–Trinajstić information content (AvgIpc) is 3.34. The van der Waals surface area contributed by atoms with Crippen molar-refractivity contribution in [1.82, 2.24) is 9.80 Å². The third-order valence-corrected chi connectivity index (χ3v) is 7.10. The van der Waals surface area contributed by atoms with Gasteiger partial charge < -0.3 is 19.3 Å². The SMILES string of the molecule is COc1ccc(C2CN(C(C)=O)CCN2C(=O)C2(c3ccc(OC)cc3)CCCC2)cc1. The predicted octanol–water partition coefficient (Wildman–Crippen LogP) is 3.95. The van der Waals surface area contributed by atoms with Crippen molar-refractivity contribution in [3.63, 3.8) is 0 Å². The lowest BCUT2D eigenvalue weighted by Crippen LogP contribution is -2.56. The van der Waals surface area contributed by atoms with Crippen molar-refractivity contribution in [2.45, 2.75) is 44.1 Å². The Balaban J connectivity index is 1.69. The maximum absolute atomic E-state index is 14.2. The van der Waals surface area contributed by atoms with Gasteiger partial charge in [-0.2, -0.15) is 0 Å². The van der Waals surface area contributed by atoms with Gasteiger partial charge in [-0.15, -0.1) is 0 Å². The number of hydrogen-bond acceptors (Lipinski definition) is 4. The van der Waals surface area contributed by atoms with E-state index in [1.807, 2.05) is 58.3 Å². The molecule has 2 amide bonds. The van der Waals surface area contributed by atoms with Crippen LogP contribution in [0.1, 0.15) is 49.8 Å². The standard InChI is InChI=1S/C26H32N2O4/c1-19(29)27-16-17-28(24(18-27)20-6-10-22(31-2)11-7-20)25(30)26(14-4-5-15-26)21-8-12-23(32-3)13-9-21/h6-13,24H,4-5,14-18H2,1-3H3. The normalized spacial score (nSPS) is 20.2. The topological polar surface area (TPSA) is 59.1 Å². The number of piperazine rings is 1. The molecule has 2 aliphatic rings. The molecule has 2 fully saturated rings. The summed E-state index contributed by atoms with van der Waals surface area (Å²) >= 11 is 0. The van der Waals surface area contributed by atoms with Crippen molar-refractivity contribution < 1.29 is 19.1 Å². The molecule has 2 aromatic rings. The van der Waals surface area contributed by atoms with Crippen molar-refractivity contribution in [3.8, 4) is 11.5 Å². The Kier molecular flexibility index (Phi) is 6.40. The third kappa shape index (κ3) is 4.06. The van der Waals surface area contributed by atoms with Crippen molar-refractivity contribution in [2.24, 2.45) is 0 Å². The molecule has 0 radical (unpaired) electrons. The first-order chi connectivity index (χ1) is 15.5. The van der Waals surface area contributed by atoms with Crippen LogP contribution in [0.25, 0.3) is 0 Å². The van der Waals surface area contributed by atoms with Crippen LogP contribution < -0.4 is 9.47 Å². The fourth-order valence-corrected chi connectivity index (χ4v) is 5.21. The molecular weight excluding hydrogens is 404 g/mol. The maximum atomic E-state index is 14.2. The van der Waals surface area contributed by atoms with Gasteiger partial charge >= 0.3 is 0 Å². The summed E-state index contributed by atoms with van der Waals surface area (Å²) in [5.41, 5.74) is 1.56. The Morgan fingerprint density at radius 2 is 1.44 bits per heavy atom. The minimum Gasteiger partial charge on any atom is -0.497 e. The minimum atomic E-state index is -0.518. The van der Waals surface area contributed by atoms with Gasteiger partial charge in [-0.25, -0.2) is 0 Å². The molecule has 1 heterocycles. The summed E-state index contributed by atoms with van der Waals surface area (Å²) in [5.74, 6) is 1.78. The molecule has 0 aromatic heterocycles. The second-order valence-electron chi connectivity index (χ2n) is 8.77. The highest BCUT2D eigenvalue weighted by Crippen LogP contribution is 2.45. The fourth-order valence-electron chi connectivity index (χ4n) is 5.21. The smallest absolute Gasteiger partial charge is 0.233 e. The lowest BCUT2D eigenvalue weighted by Gasteiger charge is -2.45. The minimum absolute atomic E-state index is 0.0429. The molecule has 0 spiro atoms. The van der Waals surface area contributed by atoms with E-state index in [1.54, 1.807) is 21.1 Å². The summed E-state index contributed by atoms with van der Waals surface area (Å²) in [6.45, 7) is 3.20. The number of hydrogen-bond donors (Lipinski definition) is 0. The Bertz CT molecular complexity index is 949. The summed E-state index contributed by atoms with van der Waals surface area (Å²) in [6.07, 6.45) is 3.78. The molecule has 1 atom stereocenters. The molecule has 0 bridgehead atoms. The van der Waals surface area contributed by atoms with Gasteiger partial charge in [0.05, 0.1) is 25.7 Å². The lowest BCUT2D eigenvalue weighted by molar-refractivity contribution is -0.146. The van der Waals surface area contributed by atoms with Crippen LogP contribution in [-0.4, -0.2) is 55.5 Å². The molecule has 6 nitrogen and oxygen atoms in total. The zero-order valence-corrected chi connectivity index (χ0v) is 19.2. The fraction of sp³-hybridized carbons (Fsp3) is 0.462. The van der Waals surface area contributed by atoms with Gasteiger partial charge in [0.2, 0.25) is 11.8 Å². The first-order valence-electron chi connectivity index (χ1n) is 11.3. The molecule has 1 saturated carbocycles. The number of methoxy groups -OCH3 is 2. The molecule has 2 aromatic carbocycles. The molecule has 1 unspecified atom stereocenters. The molecule has 4 rings (SSSR count). The molecule has 1 saturated heterocycles. The molecule has 1 aliphatic carbocycles. The number of amides is 2. The zero-order chi connectivity index (χ0) is 22.7. The van der Waals surface area contributed by atoms with Crippen molar-refractivity contribution >= 4 is 11.8 Å². The zero-order valence-electron chi connectivity index (χ0n) is 19.2. The van der Waals surface area contributed by atoms with Crippen LogP contribution >= 0.6 is 0 Å². The van der Waals surface area contributed by atoms with E-state index in [-0.39, 0.29) is 17.9 Å². The van der Waals surface area contributed by atoms with E-state index in [4.69, 9.17) is 9.47 Å². The van der Waals surface area contributed by atoms with E-state index in [2.05, 4.69) is 0 Å². The van der Waals surface area contributed by atoms with Crippen LogP contribution in [0, 0.1) is 0 Å². The predicted molar refractivity (Wildman–Crippen MR) is 123 cm³/mol. The summed E-state index contributed by atoms with van der Waals surface area (Å²) in [7, 11) is 3.29. The van der Waals surface area contributed by atoms with Crippen LogP contribution in [-0.2, 0) is 15.0 Å². The number of benzene rings is 2. The summed E-state index contributed by atoms with van der Waals surface area (Å²) in [5, 5.41) is 0. The lowest BCUT2D eigenvalue weighted by atomic mass is 9.76. The van der Waals surface area contributed by atoms with Crippen LogP contribution in [0.2, 0.25) is 0 Å². The molecule has 170 valence electrons. The Morgan fingerprint density at radius 3 is 1.97 bits per heavy atom. The number of carbonyl (C=O) groups excluding carboxylic acids is 2. The number of ether oxygens (including phenoxy) is 2. The van der Waals surface area contributed by atoms with Crippen LogP contribution in [0.3, 0.4) is 0 Å². The van der Waals surface area contributed by atoms with Gasteiger partial charge in [0.15, 0.2) is 0 Å². The first kappa shape index (κ1) is 22.2. The third-order valence-electron chi connectivity index (χ3n) is 7.10. The van der Waals surface area contributed by atoms with Crippen molar-refractivity contribution in [3.05, 3.63) is 59.7 Å². The maximum Gasteiger partial charge on any atom is 0.233 e. The second-order valence-corrected chi connectivity index (χ2v) is 8.77. The summed E-state index contributed by atoms with van der Waals surface area (Å²) in [6, 6.07) is 15.6. The quantitative estimate of drug-likeness (QED) is 0.712. The first-order valence-corrected chi connectivity index (χ1v) is 11.3. The Hall–Kier alpha value is -3.02. The molecular formula is C26H32N2O4. The second kappa shape index (κ2) is 9.23. The molecule has 0 N–H and O–H groups in total. The Morgan fingerprint density at radius 1 is 0.875 bits per heavy atom. The summed E-state index contributed by atoms with van der Waals surface area (Å²) < 4.78 is 10.6. The van der Waals surface area contributed by atoms with Gasteiger partial charge in [0, 0.05) is 26.6 Å². The molecule has 1 aliphatic heterocycles. The van der Waals surface area contributed by atoms with Gasteiger partial charge in [-0.3, -0.25) is 9.59 Å². The highest BCUT2D eigenvalue weighted by atomic mass is 16.5. The van der Waals surface area contributed by atoms with Gasteiger partial charge in [-0.05, 0) is 48.2 Å². The van der Waals surface area contributed by atoms with Crippen LogP contribution in [0.4, 0.5) is 0 Å². The van der Waals surface area contributed by atoms with E-state index in [1.165, 1.54) is 0 Å². The summed E-state index contributed by atoms with van der Waals surface area (Å²) in [4.78, 5) is 30.2. The van der Waals surface area contributed by atoms with E-state index in [0.717, 1.165) is 48.3 Å². The van der Waals surface area contributed by atoms with E-state index in [0.29, 0.717) is 19.6 Å². The molecule has 6 heteroatoms. The van der Waals surface area contributed by atoms with Gasteiger partial charge in [0.25, 0.3) is 0 Å². The number of carbonyl (C=O) groups is 2. The van der Waals surface area contributed by atoms with Crippen LogP contribution in [0.5, 0.6) is 11.5 Å². The number of nitrogens with zero attached hydrogens (tertiary/aromatic N) is 2. The van der Waals surface area contributed by atoms with E-state index >= 15 is 0 Å². The Labute approximate surface area is 190 Å². The van der Waals surface area contributed by atoms with Gasteiger partial charge in [-0.1, -0.05) is 37.1 Å². The average molecular weight is 437 g/mol. The highest BCUT2D eigenvalue weighted by molar-refractivity contribution is 5.89. The highest BCUT2D eigenvalue weighted by Gasteiger charge is 2.47. The van der Waals surface area contributed by atoms with Crippen LogP contribution in [0.15, 0.2) is 48.5 Å². The monoisotopic (exact) mass is 436 g/mol.